The van der Waals surface area contributed by atoms with Crippen molar-refractivity contribution in [2.75, 3.05) is 6.54 Å². The molecule has 0 radical (unpaired) electrons. The van der Waals surface area contributed by atoms with Crippen LogP contribution in [0.15, 0.2) is 37.2 Å². The van der Waals surface area contributed by atoms with Gasteiger partial charge in [-0.25, -0.2) is 15.0 Å². The van der Waals surface area contributed by atoms with Crippen LogP contribution < -0.4 is 10.6 Å². The van der Waals surface area contributed by atoms with Crippen LogP contribution in [-0.4, -0.2) is 54.6 Å². The van der Waals surface area contributed by atoms with E-state index in [2.05, 4.69) is 25.6 Å². The fraction of sp³-hybridized carbons (Fsp3) is 0.444. The molecule has 3 heterocycles. The number of hydrogen-bond donors (Lipinski definition) is 2. The number of carbonyl (C=O) groups excluding carboxylic acids is 1. The van der Waals surface area contributed by atoms with E-state index in [4.69, 9.17) is 0 Å². The van der Waals surface area contributed by atoms with Crippen LogP contribution in [-0.2, 0) is 0 Å². The minimum absolute atomic E-state index is 0.108. The molecule has 4 rings (SSSR count). The van der Waals surface area contributed by atoms with Crippen LogP contribution in [0.2, 0.25) is 0 Å². The van der Waals surface area contributed by atoms with Gasteiger partial charge in [-0.05, 0) is 25.7 Å². The number of carbonyl (C=O) groups is 1. The zero-order valence-corrected chi connectivity index (χ0v) is 15.4. The minimum Gasteiger partial charge on any atom is -0.347 e. The Bertz CT molecular complexity index is 975. The van der Waals surface area contributed by atoms with Gasteiger partial charge in [0, 0.05) is 42.9 Å². The second-order valence-electron chi connectivity index (χ2n) is 7.08. The average Bonchev–Trinajstić information content (AvgIpc) is 3.37. The van der Waals surface area contributed by atoms with Gasteiger partial charge >= 0.3 is 6.18 Å². The number of rotatable bonds is 5. The first kappa shape index (κ1) is 19.4. The van der Waals surface area contributed by atoms with E-state index in [9.17, 15) is 18.0 Å². The molecule has 1 amide bonds. The summed E-state index contributed by atoms with van der Waals surface area (Å²) in [6.07, 6.45) is 6.31. The van der Waals surface area contributed by atoms with Crippen molar-refractivity contribution in [3.8, 4) is 5.82 Å². The summed E-state index contributed by atoms with van der Waals surface area (Å²) in [5.74, 6) is 0.370. The largest absolute Gasteiger partial charge is 0.401 e. The number of hydrogen-bond acceptors (Lipinski definition) is 5. The molecule has 8 nitrogen and oxygen atoms in total. The van der Waals surface area contributed by atoms with Gasteiger partial charge in [-0.15, -0.1) is 0 Å². The van der Waals surface area contributed by atoms with Gasteiger partial charge in [0.15, 0.2) is 0 Å². The Kier molecular flexibility index (Phi) is 5.22. The molecule has 154 valence electrons. The smallest absolute Gasteiger partial charge is 0.347 e. The molecular weight excluding hydrogens is 387 g/mol. The van der Waals surface area contributed by atoms with Crippen LogP contribution in [0.5, 0.6) is 0 Å². The number of amides is 1. The van der Waals surface area contributed by atoms with Crippen molar-refractivity contribution < 1.29 is 18.0 Å². The van der Waals surface area contributed by atoms with Crippen molar-refractivity contribution in [3.63, 3.8) is 0 Å². The highest BCUT2D eigenvalue weighted by Crippen LogP contribution is 2.21. The molecule has 0 aromatic carbocycles. The molecule has 1 fully saturated rings. The Morgan fingerprint density at radius 2 is 1.90 bits per heavy atom. The lowest BCUT2D eigenvalue weighted by molar-refractivity contribution is -0.126. The highest BCUT2D eigenvalue weighted by Gasteiger charge is 2.30. The predicted octanol–water partition coefficient (Wildman–Crippen LogP) is 2.11. The van der Waals surface area contributed by atoms with E-state index in [1.54, 1.807) is 46.1 Å². The van der Waals surface area contributed by atoms with Crippen LogP contribution in [0.25, 0.3) is 11.5 Å². The molecule has 3 aromatic heterocycles. The average molecular weight is 407 g/mol. The molecule has 1 aliphatic carbocycles. The molecular formula is C18H20F3N7O. The van der Waals surface area contributed by atoms with Crippen molar-refractivity contribution in [1.29, 1.82) is 0 Å². The molecule has 11 heteroatoms. The Morgan fingerprint density at radius 3 is 2.59 bits per heavy atom. The first-order valence-electron chi connectivity index (χ1n) is 9.32. The number of halogens is 3. The summed E-state index contributed by atoms with van der Waals surface area (Å²) >= 11 is 0. The van der Waals surface area contributed by atoms with Gasteiger partial charge in [0.05, 0.1) is 6.54 Å². The molecule has 29 heavy (non-hydrogen) atoms. The Morgan fingerprint density at radius 1 is 1.14 bits per heavy atom. The maximum atomic E-state index is 12.9. The summed E-state index contributed by atoms with van der Waals surface area (Å²) in [7, 11) is 0. The molecule has 3 aromatic rings. The van der Waals surface area contributed by atoms with E-state index >= 15 is 0 Å². The van der Waals surface area contributed by atoms with Crippen LogP contribution in [0.3, 0.4) is 0 Å². The molecule has 1 aliphatic rings. The molecule has 2 N–H and O–H groups in total. The highest BCUT2D eigenvalue weighted by atomic mass is 19.4. The third-order valence-corrected chi connectivity index (χ3v) is 5.00. The van der Waals surface area contributed by atoms with Gasteiger partial charge < -0.3 is 10.6 Å². The monoisotopic (exact) mass is 407 g/mol. The lowest BCUT2D eigenvalue weighted by Crippen LogP contribution is -2.44. The number of aromatic nitrogens is 5. The van der Waals surface area contributed by atoms with Gasteiger partial charge in [0.25, 0.3) is 5.91 Å². The van der Waals surface area contributed by atoms with E-state index in [0.29, 0.717) is 37.1 Å². The summed E-state index contributed by atoms with van der Waals surface area (Å²) in [6, 6.07) is 1.45. The van der Waals surface area contributed by atoms with E-state index in [1.807, 2.05) is 0 Å². The fourth-order valence-corrected chi connectivity index (χ4v) is 3.55. The maximum absolute atomic E-state index is 12.9. The topological polar surface area (TPSA) is 89.1 Å². The van der Waals surface area contributed by atoms with Gasteiger partial charge in [-0.2, -0.15) is 13.2 Å². The second kappa shape index (κ2) is 7.82. The normalized spacial score (nSPS) is 20.1. The first-order chi connectivity index (χ1) is 13.9. The van der Waals surface area contributed by atoms with Crippen molar-refractivity contribution in [1.82, 2.24) is 34.6 Å². The van der Waals surface area contributed by atoms with Gasteiger partial charge in [0.2, 0.25) is 5.82 Å². The fourth-order valence-electron chi connectivity index (χ4n) is 3.55. The number of fused-ring (bicyclic) bond motifs is 1. The standard InChI is InChI=1S/C18H20F3N7O/c19-18(20,21)10-24-12-1-3-13(4-2-12)25-17(29)16-26-15(27-7-5-22-11-27)9-14-23-6-8-28(14)16/h5-9,11-13,24H,1-4,10H2,(H,25,29). The van der Waals surface area contributed by atoms with Crippen molar-refractivity contribution in [3.05, 3.63) is 43.0 Å². The Balaban J connectivity index is 1.43. The summed E-state index contributed by atoms with van der Waals surface area (Å²) < 4.78 is 40.3. The summed E-state index contributed by atoms with van der Waals surface area (Å²) in [4.78, 5) is 25.6. The molecule has 1 saturated carbocycles. The zero-order chi connectivity index (χ0) is 20.4. The minimum atomic E-state index is -4.22. The number of imidazole rings is 2. The quantitative estimate of drug-likeness (QED) is 0.676. The second-order valence-corrected chi connectivity index (χ2v) is 7.08. The van der Waals surface area contributed by atoms with Crippen LogP contribution in [0.1, 0.15) is 36.3 Å². The van der Waals surface area contributed by atoms with Crippen LogP contribution in [0, 0.1) is 0 Å². The third-order valence-electron chi connectivity index (χ3n) is 5.00. The van der Waals surface area contributed by atoms with E-state index in [1.165, 1.54) is 0 Å². The van der Waals surface area contributed by atoms with E-state index in [0.717, 1.165) is 0 Å². The third kappa shape index (κ3) is 4.56. The molecule has 0 aliphatic heterocycles. The SMILES string of the molecule is O=C(NC1CCC(NCC(F)(F)F)CC1)c1nc(-n2ccnc2)cc2nccn12. The molecule has 0 saturated heterocycles. The van der Waals surface area contributed by atoms with Gasteiger partial charge in [0.1, 0.15) is 17.8 Å². The highest BCUT2D eigenvalue weighted by molar-refractivity contribution is 5.91. The number of nitrogens with zero attached hydrogens (tertiary/aromatic N) is 5. The predicted molar refractivity (Wildman–Crippen MR) is 97.7 cm³/mol. The van der Waals surface area contributed by atoms with Crippen molar-refractivity contribution in [2.45, 2.75) is 43.9 Å². The Hall–Kier alpha value is -2.95. The van der Waals surface area contributed by atoms with E-state index < -0.39 is 12.7 Å². The van der Waals surface area contributed by atoms with Crippen molar-refractivity contribution >= 4 is 11.6 Å². The van der Waals surface area contributed by atoms with E-state index in [-0.39, 0.29) is 23.8 Å². The van der Waals surface area contributed by atoms with Gasteiger partial charge in [-0.3, -0.25) is 13.8 Å². The molecule has 0 bridgehead atoms. The number of nitrogens with one attached hydrogen (secondary N) is 2. The summed E-state index contributed by atoms with van der Waals surface area (Å²) in [5.41, 5.74) is 0.578. The Labute approximate surface area is 164 Å². The molecule has 0 atom stereocenters. The number of alkyl halides is 3. The molecule has 0 unspecified atom stereocenters. The van der Waals surface area contributed by atoms with Crippen LogP contribution in [0.4, 0.5) is 13.2 Å². The lowest BCUT2D eigenvalue weighted by Gasteiger charge is -2.30. The van der Waals surface area contributed by atoms with Crippen molar-refractivity contribution in [2.24, 2.45) is 0 Å². The van der Waals surface area contributed by atoms with Gasteiger partial charge in [-0.1, -0.05) is 0 Å². The summed E-state index contributed by atoms with van der Waals surface area (Å²) in [6.45, 7) is -0.988. The van der Waals surface area contributed by atoms with Crippen LogP contribution >= 0.6 is 0 Å². The maximum Gasteiger partial charge on any atom is 0.401 e. The zero-order valence-electron chi connectivity index (χ0n) is 15.4. The first-order valence-corrected chi connectivity index (χ1v) is 9.32. The summed E-state index contributed by atoms with van der Waals surface area (Å²) in [5, 5.41) is 5.50. The molecule has 0 spiro atoms. The lowest BCUT2D eigenvalue weighted by atomic mass is 9.91.